The molecule has 0 aliphatic carbocycles. The van der Waals surface area contributed by atoms with Crippen molar-refractivity contribution in [1.29, 1.82) is 0 Å². The number of unbranched alkanes of at least 4 members (excludes halogenated alkanes) is 29. The summed E-state index contributed by atoms with van der Waals surface area (Å²) in [4.78, 5) is 72.9. The summed E-state index contributed by atoms with van der Waals surface area (Å²) in [5, 5.41) is 10.6. The fraction of sp³-hybridized carbons (Fsp3) is 0.728. The number of aliphatic hydroxyl groups is 1. The maximum atomic E-state index is 13.1. The number of carbonyl (C=O) groups is 4. The molecule has 0 rings (SSSR count). The zero-order valence-electron chi connectivity index (χ0n) is 62.8. The number of allylic oxidation sites excluding steroid dienone is 18. The van der Waals surface area contributed by atoms with E-state index in [0.717, 1.165) is 173 Å². The van der Waals surface area contributed by atoms with Gasteiger partial charge in [0, 0.05) is 25.7 Å². The van der Waals surface area contributed by atoms with Crippen LogP contribution in [0.5, 0.6) is 0 Å². The average Bonchev–Trinajstić information content (AvgIpc) is 0.929. The van der Waals surface area contributed by atoms with E-state index in [4.69, 9.17) is 37.0 Å². The Balaban J connectivity index is 5.39. The first-order valence-electron chi connectivity index (χ1n) is 39.1. The van der Waals surface area contributed by atoms with Gasteiger partial charge in [0.1, 0.15) is 19.3 Å². The van der Waals surface area contributed by atoms with E-state index in [1.54, 1.807) is 0 Å². The molecule has 0 heterocycles. The Kier molecular flexibility index (Phi) is 69.9. The van der Waals surface area contributed by atoms with Gasteiger partial charge >= 0.3 is 39.5 Å². The van der Waals surface area contributed by atoms with Gasteiger partial charge in [0.05, 0.1) is 26.4 Å². The van der Waals surface area contributed by atoms with Crippen LogP contribution in [0.2, 0.25) is 0 Å². The second kappa shape index (κ2) is 73.0. The normalized spacial score (nSPS) is 14.5. The van der Waals surface area contributed by atoms with E-state index < -0.39 is 97.5 Å². The molecule has 19 heteroatoms. The highest BCUT2D eigenvalue weighted by atomic mass is 31.2. The molecule has 0 amide bonds. The molecule has 0 saturated carbocycles. The van der Waals surface area contributed by atoms with Gasteiger partial charge in [-0.25, -0.2) is 9.13 Å². The summed E-state index contributed by atoms with van der Waals surface area (Å²) in [6.45, 7) is 4.65. The van der Waals surface area contributed by atoms with Crippen molar-refractivity contribution in [1.82, 2.24) is 0 Å². The maximum absolute atomic E-state index is 13.1. The lowest BCUT2D eigenvalue weighted by molar-refractivity contribution is -0.161. The summed E-state index contributed by atoms with van der Waals surface area (Å²) in [5.74, 6) is -2.24. The van der Waals surface area contributed by atoms with Crippen LogP contribution in [0.15, 0.2) is 109 Å². The highest BCUT2D eigenvalue weighted by Crippen LogP contribution is 2.45. The molecule has 0 bridgehead atoms. The number of hydrogen-bond acceptors (Lipinski definition) is 15. The molecular weight excluding hydrogens is 1310 g/mol. The van der Waals surface area contributed by atoms with Crippen LogP contribution in [0.3, 0.4) is 0 Å². The highest BCUT2D eigenvalue weighted by molar-refractivity contribution is 7.47. The second-order valence-corrected chi connectivity index (χ2v) is 28.8. The van der Waals surface area contributed by atoms with Gasteiger partial charge < -0.3 is 33.8 Å². The SMILES string of the molecule is CC/C=C\C/C=C\C/C=C\C/C=C\C/C=C\CCCCCC(=O)O[C@H](COC(=O)CCCCCCC/C=C\CCCCCC)COP(=O)(O)OC[C@H](O)COP(=O)(O)OC[C@@H](COC(=O)CCCCCCC/C=C\C/C=C\CCCCC)OC(=O)CCCCCCC/C=C\CCCCCC. The van der Waals surface area contributed by atoms with Gasteiger partial charge in [-0.15, -0.1) is 0 Å². The molecule has 100 heavy (non-hydrogen) atoms. The van der Waals surface area contributed by atoms with E-state index in [9.17, 15) is 43.2 Å². The van der Waals surface area contributed by atoms with Gasteiger partial charge in [-0.05, 0) is 154 Å². The van der Waals surface area contributed by atoms with Crippen molar-refractivity contribution in [3.63, 3.8) is 0 Å². The van der Waals surface area contributed by atoms with E-state index in [-0.39, 0.29) is 25.7 Å². The van der Waals surface area contributed by atoms with E-state index in [0.29, 0.717) is 25.7 Å². The summed E-state index contributed by atoms with van der Waals surface area (Å²) in [5.41, 5.74) is 0. The van der Waals surface area contributed by atoms with E-state index >= 15 is 0 Å². The third-order valence-corrected chi connectivity index (χ3v) is 18.1. The van der Waals surface area contributed by atoms with Crippen molar-refractivity contribution < 1.29 is 80.2 Å². The second-order valence-electron chi connectivity index (χ2n) is 25.9. The van der Waals surface area contributed by atoms with Crippen LogP contribution in [0.25, 0.3) is 0 Å². The third kappa shape index (κ3) is 72.1. The van der Waals surface area contributed by atoms with Crippen LogP contribution < -0.4 is 0 Å². The summed E-state index contributed by atoms with van der Waals surface area (Å²) < 4.78 is 68.5. The molecule has 5 atom stereocenters. The first kappa shape index (κ1) is 95.7. The predicted octanol–water partition coefficient (Wildman–Crippen LogP) is 22.6. The summed E-state index contributed by atoms with van der Waals surface area (Å²) in [7, 11) is -9.97. The standard InChI is InChI=1S/C81H140O17P2/c1-5-9-13-17-21-25-29-33-35-36-37-38-40-44-48-52-56-60-64-68-81(86)98-77(71-91-78(83)65-61-57-53-49-45-41-31-27-23-19-15-11-7-3)74-96-100(89,90)94-70-75(82)69-93-99(87,88)95-73-76(97-80(85)67-63-59-55-51-47-42-32-28-24-20-16-12-8-4)72-92-79(84)66-62-58-54-50-46-43-39-34-30-26-22-18-14-10-6-2/h9,13,21-22,25-28,31-35,37-39,44,48,75-77,82H,5-8,10-12,14-20,23-24,29-30,36,40-43,45-47,49-74H2,1-4H3,(H,87,88)(H,89,90)/b13-9-,25-21-,26-22-,31-27-,32-28-,35-33-,38-37-,39-34-,48-44-/t75-,76-,77-/m1/s1. The summed E-state index contributed by atoms with van der Waals surface area (Å²) in [6, 6.07) is 0. The number of rotatable bonds is 73. The zero-order valence-corrected chi connectivity index (χ0v) is 64.6. The lowest BCUT2D eigenvalue weighted by atomic mass is 10.1. The van der Waals surface area contributed by atoms with Gasteiger partial charge in [0.15, 0.2) is 12.2 Å². The number of esters is 4. The number of hydrogen-bond donors (Lipinski definition) is 3. The van der Waals surface area contributed by atoms with Crippen molar-refractivity contribution >= 4 is 39.5 Å². The number of aliphatic hydroxyl groups excluding tert-OH is 1. The molecule has 17 nitrogen and oxygen atoms in total. The summed E-state index contributed by atoms with van der Waals surface area (Å²) in [6.07, 6.45) is 77.8. The largest absolute Gasteiger partial charge is 0.472 e. The molecule has 0 aromatic heterocycles. The predicted molar refractivity (Wildman–Crippen MR) is 408 cm³/mol. The van der Waals surface area contributed by atoms with Gasteiger partial charge in [0.25, 0.3) is 0 Å². The molecule has 0 fully saturated rings. The molecule has 0 aliphatic rings. The highest BCUT2D eigenvalue weighted by Gasteiger charge is 2.30. The van der Waals surface area contributed by atoms with Crippen molar-refractivity contribution in [2.24, 2.45) is 0 Å². The Morgan fingerprint density at radius 3 is 0.840 bits per heavy atom. The van der Waals surface area contributed by atoms with Crippen LogP contribution >= 0.6 is 15.6 Å². The Bertz CT molecular complexity index is 2320. The number of phosphoric acid groups is 2. The zero-order chi connectivity index (χ0) is 73.2. The Hall–Kier alpha value is -4.28. The lowest BCUT2D eigenvalue weighted by Gasteiger charge is -2.21. The Morgan fingerprint density at radius 2 is 0.520 bits per heavy atom. The monoisotopic (exact) mass is 1450 g/mol. The number of carbonyl (C=O) groups excluding carboxylic acids is 4. The van der Waals surface area contributed by atoms with Crippen LogP contribution in [-0.2, 0) is 65.4 Å². The molecule has 0 aromatic rings. The molecule has 3 N–H and O–H groups in total. The topological polar surface area (TPSA) is 237 Å². The Morgan fingerprint density at radius 1 is 0.290 bits per heavy atom. The first-order chi connectivity index (χ1) is 48.7. The van der Waals surface area contributed by atoms with Crippen LogP contribution in [0, 0.1) is 0 Å². The Labute approximate surface area is 607 Å². The minimum Gasteiger partial charge on any atom is -0.462 e. The lowest BCUT2D eigenvalue weighted by Crippen LogP contribution is -2.30. The van der Waals surface area contributed by atoms with E-state index in [1.165, 1.54) is 70.6 Å². The molecule has 576 valence electrons. The molecule has 0 aliphatic heterocycles. The minimum absolute atomic E-state index is 0.0529. The van der Waals surface area contributed by atoms with Crippen LogP contribution in [0.1, 0.15) is 323 Å². The van der Waals surface area contributed by atoms with Crippen molar-refractivity contribution in [2.75, 3.05) is 39.6 Å². The van der Waals surface area contributed by atoms with Gasteiger partial charge in [-0.1, -0.05) is 253 Å². The fourth-order valence-electron chi connectivity index (χ4n) is 10.2. The molecule has 0 aromatic carbocycles. The van der Waals surface area contributed by atoms with E-state index in [1.807, 2.05) is 0 Å². The molecule has 0 spiro atoms. The molecular formula is C81H140O17P2. The number of ether oxygens (including phenoxy) is 4. The minimum atomic E-state index is -4.99. The maximum Gasteiger partial charge on any atom is 0.472 e. The average molecular weight is 1450 g/mol. The molecule has 0 radical (unpaired) electrons. The molecule has 2 unspecified atom stereocenters. The fourth-order valence-corrected chi connectivity index (χ4v) is 11.8. The van der Waals surface area contributed by atoms with Gasteiger partial charge in [-0.3, -0.25) is 37.3 Å². The van der Waals surface area contributed by atoms with Gasteiger partial charge in [-0.2, -0.15) is 0 Å². The van der Waals surface area contributed by atoms with Crippen molar-refractivity contribution in [2.45, 2.75) is 341 Å². The quantitative estimate of drug-likeness (QED) is 0.0169. The van der Waals surface area contributed by atoms with Crippen LogP contribution in [-0.4, -0.2) is 96.7 Å². The van der Waals surface area contributed by atoms with E-state index in [2.05, 4.69) is 137 Å². The van der Waals surface area contributed by atoms with Crippen molar-refractivity contribution in [3.05, 3.63) is 109 Å². The smallest absolute Gasteiger partial charge is 0.462 e. The molecule has 0 saturated heterocycles. The van der Waals surface area contributed by atoms with Crippen LogP contribution in [0.4, 0.5) is 0 Å². The first-order valence-corrected chi connectivity index (χ1v) is 42.1. The van der Waals surface area contributed by atoms with Crippen molar-refractivity contribution in [3.8, 4) is 0 Å². The summed E-state index contributed by atoms with van der Waals surface area (Å²) >= 11 is 0. The third-order valence-electron chi connectivity index (χ3n) is 16.2. The van der Waals surface area contributed by atoms with Gasteiger partial charge in [0.2, 0.25) is 0 Å². The number of phosphoric ester groups is 2.